The minimum absolute atomic E-state index is 0. The second-order valence-electron chi connectivity index (χ2n) is 3.39. The van der Waals surface area contributed by atoms with Crippen LogP contribution in [0.1, 0.15) is 65.5 Å². The molecule has 1 atom stereocenters. The quantitative estimate of drug-likeness (QED) is 0.486. The predicted molar refractivity (Wildman–Crippen MR) is 93.0 cm³/mol. The molecule has 1 unspecified atom stereocenters. The molecular weight excluding hydrogens is 532 g/mol. The number of hydrogen-bond donors (Lipinski definition) is 0. The van der Waals surface area contributed by atoms with Gasteiger partial charge in [-0.25, -0.2) is 0 Å². The van der Waals surface area contributed by atoms with E-state index < -0.39 is 0 Å². The second-order valence-corrected chi connectivity index (χ2v) is 3.39. The van der Waals surface area contributed by atoms with Gasteiger partial charge in [0.15, 0.2) is 0 Å². The molecule has 1 aliphatic heterocycles. The van der Waals surface area contributed by atoms with Crippen LogP contribution in [0.2, 0.25) is 0 Å². The topological polar surface area (TPSA) is 48.2 Å². The van der Waals surface area contributed by atoms with Gasteiger partial charge in [-0.3, -0.25) is 0 Å². The van der Waals surface area contributed by atoms with Gasteiger partial charge in [0.2, 0.25) is 0 Å². The molecule has 0 saturated carbocycles. The molecule has 1 heterocycles. The third kappa shape index (κ3) is 14.9. The van der Waals surface area contributed by atoms with Gasteiger partial charge >= 0.3 is 58.2 Å². The van der Waals surface area contributed by atoms with Gasteiger partial charge in [0.1, 0.15) is 6.79 Å². The number of fused-ring (bicyclic) bond motifs is 1. The Kier molecular flexibility index (Phi) is 42.2. The van der Waals surface area contributed by atoms with Crippen LogP contribution >= 0.6 is 0 Å². The van der Waals surface area contributed by atoms with Crippen LogP contribution in [0.4, 0.5) is 0 Å². The average Bonchev–Trinajstić information content (AvgIpc) is 2.75. The van der Waals surface area contributed by atoms with E-state index in [4.69, 9.17) is 4.79 Å². The summed E-state index contributed by atoms with van der Waals surface area (Å²) in [5.74, 6) is -0.0383. The zero-order valence-electron chi connectivity index (χ0n) is 16.2. The molecule has 0 fully saturated rings. The summed E-state index contributed by atoms with van der Waals surface area (Å²) in [5.41, 5.74) is 2.42. The van der Waals surface area contributed by atoms with E-state index in [0.29, 0.717) is 6.54 Å². The maximum absolute atomic E-state index is 11.4. The van der Waals surface area contributed by atoms with Crippen molar-refractivity contribution >= 4 is 12.7 Å². The summed E-state index contributed by atoms with van der Waals surface area (Å²) >= 11 is 0. The van der Waals surface area contributed by atoms with Crippen LogP contribution in [0, 0.1) is 0 Å². The fourth-order valence-corrected chi connectivity index (χ4v) is 1.74. The first kappa shape index (κ1) is 35.0. The first-order valence-electron chi connectivity index (χ1n) is 7.87. The molecule has 5 heteroatoms. The van der Waals surface area contributed by atoms with Crippen LogP contribution in [0.25, 0.3) is 5.32 Å². The number of hydrogen-bond acceptors (Lipinski definition) is 2. The van der Waals surface area contributed by atoms with Crippen molar-refractivity contribution in [2.24, 2.45) is 0 Å². The molecule has 0 radical (unpaired) electrons. The van der Waals surface area contributed by atoms with Crippen LogP contribution < -0.4 is 58.2 Å². The van der Waals surface area contributed by atoms with Crippen molar-refractivity contribution in [2.75, 3.05) is 6.54 Å². The Morgan fingerprint density at radius 1 is 1.00 bits per heavy atom. The maximum Gasteiger partial charge on any atom is 1.00 e. The molecule has 1 amide bonds. The Morgan fingerprint density at radius 3 is 1.91 bits per heavy atom. The van der Waals surface area contributed by atoms with E-state index in [9.17, 15) is 4.79 Å². The van der Waals surface area contributed by atoms with E-state index in [1.807, 2.05) is 73.5 Å². The Balaban J connectivity index is -0.0000000954. The largest absolute Gasteiger partial charge is 1.00 e. The molecule has 128 valence electrons. The normalized spacial score (nSPS) is 13.2. The van der Waals surface area contributed by atoms with Crippen LogP contribution in [0.3, 0.4) is 0 Å². The molecule has 2 rings (SSSR count). The zero-order chi connectivity index (χ0) is 17.3. The van der Waals surface area contributed by atoms with Crippen molar-refractivity contribution in [1.82, 2.24) is 0 Å². The van der Waals surface area contributed by atoms with Crippen LogP contribution in [-0.4, -0.2) is 19.2 Å². The van der Waals surface area contributed by atoms with Crippen molar-refractivity contribution in [3.8, 4) is 0 Å². The average molecular weight is 564 g/mol. The Labute approximate surface area is 206 Å². The summed E-state index contributed by atoms with van der Waals surface area (Å²) in [6.07, 6.45) is 0.895. The van der Waals surface area contributed by atoms with Gasteiger partial charge in [-0.05, 0) is 17.5 Å². The van der Waals surface area contributed by atoms with E-state index in [1.165, 1.54) is 5.56 Å². The van der Waals surface area contributed by atoms with E-state index in [0.717, 1.165) is 12.0 Å². The molecule has 0 N–H and O–H groups in total. The van der Waals surface area contributed by atoms with E-state index >= 15 is 0 Å². The van der Waals surface area contributed by atoms with Gasteiger partial charge in [-0.15, -0.1) is 6.54 Å². The number of carbonyl (C=O) groups excluding carboxylic acids is 2. The number of carbonyl (C=O) groups is 2. The van der Waals surface area contributed by atoms with E-state index in [-0.39, 0.29) is 91.1 Å². The van der Waals surface area contributed by atoms with Gasteiger partial charge in [0, 0.05) is 27.0 Å². The van der Waals surface area contributed by atoms with Crippen molar-refractivity contribution in [2.45, 2.75) is 60.8 Å². The van der Waals surface area contributed by atoms with Crippen LogP contribution in [-0.2, 0) is 37.1 Å². The summed E-state index contributed by atoms with van der Waals surface area (Å²) in [6.45, 7) is 16.6. The molecule has 3 nitrogen and oxygen atoms in total. The van der Waals surface area contributed by atoms with Crippen molar-refractivity contribution in [3.05, 3.63) is 40.7 Å². The van der Waals surface area contributed by atoms with Crippen molar-refractivity contribution < 1.29 is 88.8 Å². The zero-order valence-corrected chi connectivity index (χ0v) is 24.0. The fraction of sp³-hybridized carbons (Fsp3) is 0.556. The van der Waals surface area contributed by atoms with Crippen LogP contribution in [0.5, 0.6) is 0 Å². The second kappa shape index (κ2) is 27.7. The SMILES string of the molecule is C=O.CC.CC.CC.CC1C(=O)[N-]CCc2ccccc21.[Rb+].[W]. The van der Waals surface area contributed by atoms with Gasteiger partial charge < -0.3 is 14.9 Å². The Hall–Kier alpha value is 0.854. The van der Waals surface area contributed by atoms with Crippen LogP contribution in [0.15, 0.2) is 24.3 Å². The fourth-order valence-electron chi connectivity index (χ4n) is 1.74. The van der Waals surface area contributed by atoms with Gasteiger partial charge in [0.05, 0.1) is 5.91 Å². The summed E-state index contributed by atoms with van der Waals surface area (Å²) in [4.78, 5) is 19.4. The Bertz CT molecular complexity index is 363. The van der Waals surface area contributed by atoms with E-state index in [2.05, 4.69) is 11.4 Å². The molecule has 1 aromatic rings. The molecule has 0 saturated heterocycles. The summed E-state index contributed by atoms with van der Waals surface area (Å²) < 4.78 is 0. The minimum atomic E-state index is -0.0568. The molecule has 0 spiro atoms. The molecule has 0 aromatic heterocycles. The summed E-state index contributed by atoms with van der Waals surface area (Å²) in [5, 5.41) is 3.98. The molecule has 0 bridgehead atoms. The third-order valence-corrected chi connectivity index (χ3v) is 2.54. The van der Waals surface area contributed by atoms with Gasteiger partial charge in [0.25, 0.3) is 0 Å². The van der Waals surface area contributed by atoms with Crippen molar-refractivity contribution in [3.63, 3.8) is 0 Å². The molecule has 1 aromatic carbocycles. The number of amides is 1. The number of rotatable bonds is 0. The monoisotopic (exact) mass is 563 g/mol. The number of nitrogens with zero attached hydrogens (tertiary/aromatic N) is 1. The number of benzene rings is 1. The molecular formula is C18H32NO2RbW. The van der Waals surface area contributed by atoms with Gasteiger partial charge in [-0.2, -0.15) is 0 Å². The van der Waals surface area contributed by atoms with Gasteiger partial charge in [-0.1, -0.05) is 72.7 Å². The first-order valence-corrected chi connectivity index (χ1v) is 7.87. The summed E-state index contributed by atoms with van der Waals surface area (Å²) in [7, 11) is 0. The smallest absolute Gasteiger partial charge is 0.653 e. The van der Waals surface area contributed by atoms with Crippen molar-refractivity contribution in [1.29, 1.82) is 0 Å². The standard InChI is InChI=1S/C11H13NO.3C2H6.CH2O.Rb.W/c1-8-10-5-3-2-4-9(10)6-7-12-11(8)13;4*1-2;;/h2-5,8H,6-7H2,1H3,(H,12,13);3*1-2H3;1H2;;/q;;;;;+1;/p-1. The van der Waals surface area contributed by atoms with E-state index in [1.54, 1.807) is 0 Å². The maximum atomic E-state index is 11.4. The molecule has 1 aliphatic rings. The third-order valence-electron chi connectivity index (χ3n) is 2.54. The summed E-state index contributed by atoms with van der Waals surface area (Å²) in [6, 6.07) is 8.11. The molecule has 23 heavy (non-hydrogen) atoms. The Morgan fingerprint density at radius 2 is 1.43 bits per heavy atom. The predicted octanol–water partition coefficient (Wildman–Crippen LogP) is 2.14. The molecule has 0 aliphatic carbocycles. The first-order chi connectivity index (χ1) is 10.3. The minimum Gasteiger partial charge on any atom is -0.653 e.